The van der Waals surface area contributed by atoms with Crippen LogP contribution in [0.15, 0.2) is 59.7 Å². The molecule has 118 valence electrons. The number of hydrazone groups is 1. The summed E-state index contributed by atoms with van der Waals surface area (Å²) in [6.45, 7) is 0. The van der Waals surface area contributed by atoms with E-state index in [0.29, 0.717) is 21.5 Å². The summed E-state index contributed by atoms with van der Waals surface area (Å²) in [5.74, 6) is 0.183. The van der Waals surface area contributed by atoms with E-state index in [4.69, 9.17) is 0 Å². The molecule has 0 saturated heterocycles. The number of benzene rings is 3. The lowest BCUT2D eigenvalue weighted by atomic mass is 10.0. The molecule has 4 rings (SSSR count). The largest absolute Gasteiger partial charge is 0.507 e. The highest BCUT2D eigenvalue weighted by Crippen LogP contribution is 2.34. The summed E-state index contributed by atoms with van der Waals surface area (Å²) >= 11 is 1.49. The number of nitrogens with zero attached hydrogens (tertiary/aromatic N) is 2. The van der Waals surface area contributed by atoms with Gasteiger partial charge in [-0.3, -0.25) is 5.43 Å². The Morgan fingerprint density at radius 3 is 2.58 bits per heavy atom. The highest BCUT2D eigenvalue weighted by molar-refractivity contribution is 7.22. The third-order valence-electron chi connectivity index (χ3n) is 3.68. The fraction of sp³-hybridized carbons (Fsp3) is 0. The predicted octanol–water partition coefficient (Wildman–Crippen LogP) is 4.31. The molecule has 0 radical (unpaired) electrons. The number of aromatic nitrogens is 1. The molecule has 0 saturated carbocycles. The maximum absolute atomic E-state index is 10.3. The van der Waals surface area contributed by atoms with Crippen LogP contribution in [0.4, 0.5) is 5.13 Å². The molecule has 0 fully saturated rings. The fourth-order valence-corrected chi connectivity index (χ4v) is 3.35. The van der Waals surface area contributed by atoms with E-state index in [-0.39, 0.29) is 11.5 Å². The number of anilines is 1. The summed E-state index contributed by atoms with van der Waals surface area (Å²) in [5.41, 5.74) is 4.20. The maximum Gasteiger partial charge on any atom is 0.204 e. The monoisotopic (exact) mass is 335 g/mol. The van der Waals surface area contributed by atoms with Crippen molar-refractivity contribution in [2.45, 2.75) is 0 Å². The minimum Gasteiger partial charge on any atom is -0.507 e. The van der Waals surface area contributed by atoms with Gasteiger partial charge in [0.2, 0.25) is 5.13 Å². The number of hydrogen-bond acceptors (Lipinski definition) is 6. The Bertz CT molecular complexity index is 1040. The predicted molar refractivity (Wildman–Crippen MR) is 98.1 cm³/mol. The first-order chi connectivity index (χ1) is 11.7. The first-order valence-electron chi connectivity index (χ1n) is 7.31. The quantitative estimate of drug-likeness (QED) is 0.296. The third kappa shape index (κ3) is 2.53. The van der Waals surface area contributed by atoms with Crippen molar-refractivity contribution in [2.75, 3.05) is 5.43 Å². The first-order valence-corrected chi connectivity index (χ1v) is 8.12. The van der Waals surface area contributed by atoms with Crippen LogP contribution in [0.3, 0.4) is 0 Å². The SMILES string of the molecule is Oc1cc(/C=N/Nc2nc3ccccc3s2)c(O)c2ccccc12. The Hall–Kier alpha value is -3.12. The lowest BCUT2D eigenvalue weighted by Crippen LogP contribution is -1.91. The van der Waals surface area contributed by atoms with Gasteiger partial charge >= 0.3 is 0 Å². The summed E-state index contributed by atoms with van der Waals surface area (Å²) in [6.07, 6.45) is 1.47. The van der Waals surface area contributed by atoms with Gasteiger partial charge in [0.15, 0.2) is 0 Å². The third-order valence-corrected chi connectivity index (χ3v) is 4.62. The minimum absolute atomic E-state index is 0.0817. The first kappa shape index (κ1) is 14.5. The molecular formula is C18H13N3O2S. The van der Waals surface area contributed by atoms with Gasteiger partial charge in [0.05, 0.1) is 16.4 Å². The fourth-order valence-electron chi connectivity index (χ4n) is 2.54. The van der Waals surface area contributed by atoms with Crippen LogP contribution in [0.25, 0.3) is 21.0 Å². The average molecular weight is 335 g/mol. The van der Waals surface area contributed by atoms with Crippen LogP contribution in [-0.4, -0.2) is 21.4 Å². The molecule has 0 aliphatic carbocycles. The number of fused-ring (bicyclic) bond motifs is 2. The summed E-state index contributed by atoms with van der Waals surface area (Å²) < 4.78 is 1.07. The number of rotatable bonds is 3. The zero-order chi connectivity index (χ0) is 16.5. The standard InChI is InChI=1S/C18H13N3O2S/c22-15-9-11(17(23)13-6-2-1-5-12(13)15)10-19-21-18-20-14-7-3-4-8-16(14)24-18/h1-10,22-23H,(H,20,21)/b19-10+. The highest BCUT2D eigenvalue weighted by Gasteiger charge is 2.09. The molecule has 4 aromatic rings. The summed E-state index contributed by atoms with van der Waals surface area (Å²) in [7, 11) is 0. The molecule has 0 unspecified atom stereocenters. The molecule has 0 aliphatic heterocycles. The minimum atomic E-state index is 0.0817. The van der Waals surface area contributed by atoms with Crippen LogP contribution >= 0.6 is 11.3 Å². The van der Waals surface area contributed by atoms with E-state index in [2.05, 4.69) is 15.5 Å². The second kappa shape index (κ2) is 5.82. The zero-order valence-corrected chi connectivity index (χ0v) is 13.3. The van der Waals surface area contributed by atoms with E-state index >= 15 is 0 Å². The van der Waals surface area contributed by atoms with E-state index in [1.807, 2.05) is 36.4 Å². The molecule has 1 aromatic heterocycles. The Kier molecular flexibility index (Phi) is 3.51. The molecular weight excluding hydrogens is 322 g/mol. The van der Waals surface area contributed by atoms with Crippen molar-refractivity contribution in [3.05, 3.63) is 60.2 Å². The lowest BCUT2D eigenvalue weighted by molar-refractivity contribution is 0.469. The van der Waals surface area contributed by atoms with E-state index in [0.717, 1.165) is 10.2 Å². The van der Waals surface area contributed by atoms with Crippen molar-refractivity contribution in [3.8, 4) is 11.5 Å². The second-order valence-corrected chi connectivity index (χ2v) is 6.27. The zero-order valence-electron chi connectivity index (χ0n) is 12.5. The number of hydrogen-bond donors (Lipinski definition) is 3. The van der Waals surface area contributed by atoms with Crippen molar-refractivity contribution in [1.29, 1.82) is 0 Å². The molecule has 3 aromatic carbocycles. The second-order valence-electron chi connectivity index (χ2n) is 5.24. The smallest absolute Gasteiger partial charge is 0.204 e. The molecule has 5 nitrogen and oxygen atoms in total. The molecule has 3 N–H and O–H groups in total. The summed E-state index contributed by atoms with van der Waals surface area (Å²) in [5, 5.41) is 26.4. The van der Waals surface area contributed by atoms with Crippen LogP contribution in [0, 0.1) is 0 Å². The van der Waals surface area contributed by atoms with Crippen molar-refractivity contribution >= 4 is 43.7 Å². The van der Waals surface area contributed by atoms with Crippen LogP contribution < -0.4 is 5.43 Å². The summed E-state index contributed by atoms with van der Waals surface area (Å²) in [6, 6.07) is 16.4. The number of phenols is 2. The van der Waals surface area contributed by atoms with Crippen molar-refractivity contribution in [2.24, 2.45) is 5.10 Å². The Balaban J connectivity index is 1.64. The van der Waals surface area contributed by atoms with Crippen LogP contribution in [0.1, 0.15) is 5.56 Å². The van der Waals surface area contributed by atoms with Crippen LogP contribution in [-0.2, 0) is 0 Å². The van der Waals surface area contributed by atoms with Gasteiger partial charge in [-0.2, -0.15) is 5.10 Å². The molecule has 0 spiro atoms. The van der Waals surface area contributed by atoms with Gasteiger partial charge in [-0.05, 0) is 18.2 Å². The number of para-hydroxylation sites is 1. The molecule has 24 heavy (non-hydrogen) atoms. The van der Waals surface area contributed by atoms with Gasteiger partial charge in [0, 0.05) is 16.3 Å². The number of aromatic hydroxyl groups is 2. The van der Waals surface area contributed by atoms with E-state index in [9.17, 15) is 10.2 Å². The average Bonchev–Trinajstić information content (AvgIpc) is 3.02. The molecule has 0 aliphatic rings. The van der Waals surface area contributed by atoms with Crippen molar-refractivity contribution in [3.63, 3.8) is 0 Å². The topological polar surface area (TPSA) is 77.7 Å². The van der Waals surface area contributed by atoms with E-state index in [1.54, 1.807) is 12.1 Å². The maximum atomic E-state index is 10.3. The molecule has 1 heterocycles. The Labute approximate surface area is 141 Å². The van der Waals surface area contributed by atoms with Crippen molar-refractivity contribution in [1.82, 2.24) is 4.98 Å². The Morgan fingerprint density at radius 2 is 1.75 bits per heavy atom. The van der Waals surface area contributed by atoms with Crippen LogP contribution in [0.2, 0.25) is 0 Å². The number of thiazole rings is 1. The molecule has 0 atom stereocenters. The van der Waals surface area contributed by atoms with Crippen LogP contribution in [0.5, 0.6) is 11.5 Å². The number of phenolic OH excluding ortho intramolecular Hbond substituents is 2. The molecule has 6 heteroatoms. The highest BCUT2D eigenvalue weighted by atomic mass is 32.1. The Morgan fingerprint density at radius 1 is 1.00 bits per heavy atom. The summed E-state index contributed by atoms with van der Waals surface area (Å²) in [4.78, 5) is 4.42. The van der Waals surface area contributed by atoms with Gasteiger partial charge in [-0.25, -0.2) is 4.98 Å². The molecule has 0 bridgehead atoms. The van der Waals surface area contributed by atoms with Gasteiger partial charge < -0.3 is 10.2 Å². The number of nitrogens with one attached hydrogen (secondary N) is 1. The van der Waals surface area contributed by atoms with Gasteiger partial charge in [-0.15, -0.1) is 0 Å². The van der Waals surface area contributed by atoms with Gasteiger partial charge in [0.25, 0.3) is 0 Å². The van der Waals surface area contributed by atoms with Gasteiger partial charge in [-0.1, -0.05) is 47.7 Å². The normalized spacial score (nSPS) is 11.5. The van der Waals surface area contributed by atoms with Gasteiger partial charge in [0.1, 0.15) is 11.5 Å². The molecule has 0 amide bonds. The van der Waals surface area contributed by atoms with E-state index < -0.39 is 0 Å². The van der Waals surface area contributed by atoms with E-state index in [1.165, 1.54) is 23.6 Å². The lowest BCUT2D eigenvalue weighted by Gasteiger charge is -2.06. The van der Waals surface area contributed by atoms with Crippen molar-refractivity contribution < 1.29 is 10.2 Å².